The number of nitrogens with zero attached hydrogens (tertiary/aromatic N) is 5. The van der Waals surface area contributed by atoms with Gasteiger partial charge in [-0.1, -0.05) is 47.5 Å². The number of halogens is 2. The smallest absolute Gasteiger partial charge is 0.410 e. The van der Waals surface area contributed by atoms with Gasteiger partial charge in [0, 0.05) is 41.8 Å². The Balaban J connectivity index is 1.55. The molecule has 0 spiro atoms. The zero-order valence-electron chi connectivity index (χ0n) is 22.9. The van der Waals surface area contributed by atoms with Gasteiger partial charge in [0.1, 0.15) is 5.60 Å². The van der Waals surface area contributed by atoms with Crippen LogP contribution in [0.3, 0.4) is 0 Å². The predicted octanol–water partition coefficient (Wildman–Crippen LogP) is 6.22. The summed E-state index contributed by atoms with van der Waals surface area (Å²) in [5.74, 6) is 0.550. The molecule has 210 valence electrons. The van der Waals surface area contributed by atoms with E-state index in [0.717, 1.165) is 17.5 Å². The van der Waals surface area contributed by atoms with Crippen LogP contribution in [0, 0.1) is 5.92 Å². The number of aromatic nitrogens is 4. The summed E-state index contributed by atoms with van der Waals surface area (Å²) in [6.07, 6.45) is 0.499. The molecule has 5 rings (SSSR count). The lowest BCUT2D eigenvalue weighted by molar-refractivity contribution is 0.0289. The van der Waals surface area contributed by atoms with Crippen LogP contribution in [-0.4, -0.2) is 55.4 Å². The Morgan fingerprint density at radius 3 is 2.27 bits per heavy atom. The van der Waals surface area contributed by atoms with Crippen molar-refractivity contribution < 1.29 is 9.53 Å². The molecule has 4 aromatic rings. The number of aryl methyl sites for hydroxylation is 1. The summed E-state index contributed by atoms with van der Waals surface area (Å²) in [6.45, 7) is 9.55. The summed E-state index contributed by atoms with van der Waals surface area (Å²) < 4.78 is 8.48. The van der Waals surface area contributed by atoms with Gasteiger partial charge in [0.25, 0.3) is 0 Å². The Bertz CT molecular complexity index is 1590. The molecule has 1 unspecified atom stereocenters. The predicted molar refractivity (Wildman–Crippen MR) is 158 cm³/mol. The molecule has 11 heteroatoms. The number of likely N-dealkylation sites (tertiary alicyclic amines) is 1. The van der Waals surface area contributed by atoms with E-state index in [9.17, 15) is 9.59 Å². The first kappa shape index (κ1) is 28.0. The number of carbonyl (C=O) groups is 1. The summed E-state index contributed by atoms with van der Waals surface area (Å²) >= 11 is 12.4. The van der Waals surface area contributed by atoms with Crippen molar-refractivity contribution in [2.45, 2.75) is 46.3 Å². The molecule has 9 nitrogen and oxygen atoms in total. The first-order valence-corrected chi connectivity index (χ1v) is 14.1. The van der Waals surface area contributed by atoms with Crippen LogP contribution in [0.2, 0.25) is 10.0 Å². The van der Waals surface area contributed by atoms with Gasteiger partial charge in [0.2, 0.25) is 5.95 Å². The van der Waals surface area contributed by atoms with Gasteiger partial charge in [-0.15, -0.1) is 5.10 Å². The third kappa shape index (κ3) is 5.81. The third-order valence-electron chi connectivity index (χ3n) is 6.77. The van der Waals surface area contributed by atoms with Crippen molar-refractivity contribution in [3.05, 3.63) is 69.1 Å². The molecule has 1 aliphatic heterocycles. The van der Waals surface area contributed by atoms with Crippen LogP contribution in [0.1, 0.15) is 34.1 Å². The van der Waals surface area contributed by atoms with E-state index in [4.69, 9.17) is 38.0 Å². The van der Waals surface area contributed by atoms with Gasteiger partial charge in [-0.05, 0) is 69.9 Å². The fourth-order valence-corrected chi connectivity index (χ4v) is 5.08. The molecular weight excluding hydrogens is 551 g/mol. The van der Waals surface area contributed by atoms with Gasteiger partial charge >= 0.3 is 11.8 Å². The van der Waals surface area contributed by atoms with E-state index in [0.29, 0.717) is 59.1 Å². The molecule has 3 heterocycles. The van der Waals surface area contributed by atoms with E-state index >= 15 is 0 Å². The lowest BCUT2D eigenvalue weighted by Gasteiger charge is -2.24. The lowest BCUT2D eigenvalue weighted by atomic mass is 10.00. The summed E-state index contributed by atoms with van der Waals surface area (Å²) in [6, 6.07) is 14.8. The number of carbonyl (C=O) groups excluding carboxylic acids is 1. The molecule has 2 aromatic carbocycles. The van der Waals surface area contributed by atoms with Crippen LogP contribution in [0.4, 0.5) is 10.7 Å². The minimum atomic E-state index is -0.548. The first-order chi connectivity index (χ1) is 19.0. The number of benzene rings is 2. The second kappa shape index (κ2) is 11.1. The van der Waals surface area contributed by atoms with E-state index in [1.807, 2.05) is 64.1 Å². The zero-order valence-corrected chi connectivity index (χ0v) is 24.5. The van der Waals surface area contributed by atoms with Gasteiger partial charge < -0.3 is 15.0 Å². The molecule has 1 fully saturated rings. The minimum Gasteiger partial charge on any atom is -0.444 e. The number of hydrogen-bond acceptors (Lipinski definition) is 6. The fraction of sp³-hybridized carbons (Fsp3) is 0.379. The summed E-state index contributed by atoms with van der Waals surface area (Å²) in [5.41, 5.74) is 2.68. The number of amides is 1. The number of nitrogens with one attached hydrogen (secondary N) is 1. The van der Waals surface area contributed by atoms with Gasteiger partial charge in [0.05, 0.1) is 11.3 Å². The van der Waals surface area contributed by atoms with Crippen molar-refractivity contribution in [2.75, 3.05) is 25.0 Å². The second-order valence-electron chi connectivity index (χ2n) is 10.9. The van der Waals surface area contributed by atoms with Crippen LogP contribution in [0.5, 0.6) is 0 Å². The van der Waals surface area contributed by atoms with Crippen LogP contribution in [0.15, 0.2) is 53.3 Å². The Labute approximate surface area is 242 Å². The molecule has 1 saturated heterocycles. The molecule has 2 aromatic heterocycles. The van der Waals surface area contributed by atoms with Crippen LogP contribution < -0.4 is 11.0 Å². The number of hydrogen-bond donors (Lipinski definition) is 1. The quantitative estimate of drug-likeness (QED) is 0.290. The highest BCUT2D eigenvalue weighted by atomic mass is 35.5. The number of ether oxygens (including phenoxy) is 1. The number of fused-ring (bicyclic) bond motifs is 1. The van der Waals surface area contributed by atoms with Gasteiger partial charge in [-0.25, -0.2) is 23.7 Å². The summed E-state index contributed by atoms with van der Waals surface area (Å²) in [7, 11) is 0. The van der Waals surface area contributed by atoms with E-state index < -0.39 is 5.60 Å². The lowest BCUT2D eigenvalue weighted by Crippen LogP contribution is -2.35. The topological polar surface area (TPSA) is 93.8 Å². The average molecular weight is 584 g/mol. The summed E-state index contributed by atoms with van der Waals surface area (Å²) in [4.78, 5) is 32.7. The molecule has 40 heavy (non-hydrogen) atoms. The Kier molecular flexibility index (Phi) is 7.79. The molecule has 1 aliphatic rings. The van der Waals surface area contributed by atoms with Crippen molar-refractivity contribution in [1.29, 1.82) is 0 Å². The van der Waals surface area contributed by atoms with E-state index in [1.165, 1.54) is 9.08 Å². The Morgan fingerprint density at radius 2 is 1.68 bits per heavy atom. The standard InChI is InChI=1S/C29H32Cl2N6O3/c1-5-36-27(38)37-25(34-36)23(19-6-10-21(30)11-7-19)24(20-8-12-22(31)13-9-20)33-26(37)32-16-18-14-15-35(17-18)28(39)40-29(2,3)4/h6-13,18H,5,14-17H2,1-4H3,(H,32,33). The maximum absolute atomic E-state index is 13.5. The highest BCUT2D eigenvalue weighted by molar-refractivity contribution is 6.31. The van der Waals surface area contributed by atoms with Crippen molar-refractivity contribution >= 4 is 40.9 Å². The van der Waals surface area contributed by atoms with Crippen molar-refractivity contribution in [2.24, 2.45) is 5.92 Å². The monoisotopic (exact) mass is 582 g/mol. The molecule has 1 atom stereocenters. The maximum Gasteiger partial charge on any atom is 0.410 e. The van der Waals surface area contributed by atoms with Crippen LogP contribution >= 0.6 is 23.2 Å². The fourth-order valence-electron chi connectivity index (χ4n) is 4.83. The van der Waals surface area contributed by atoms with E-state index in [2.05, 4.69) is 5.32 Å². The number of anilines is 1. The molecule has 1 amide bonds. The van der Waals surface area contributed by atoms with Crippen molar-refractivity contribution in [3.8, 4) is 22.4 Å². The third-order valence-corrected chi connectivity index (χ3v) is 7.27. The zero-order chi connectivity index (χ0) is 28.6. The molecule has 1 N–H and O–H groups in total. The average Bonchev–Trinajstić information content (AvgIpc) is 3.52. The maximum atomic E-state index is 13.5. The van der Waals surface area contributed by atoms with Gasteiger partial charge in [-0.3, -0.25) is 0 Å². The largest absolute Gasteiger partial charge is 0.444 e. The number of rotatable bonds is 6. The molecule has 0 radical (unpaired) electrons. The molecule has 0 aliphatic carbocycles. The molecule has 0 bridgehead atoms. The van der Waals surface area contributed by atoms with E-state index in [1.54, 1.807) is 17.0 Å². The minimum absolute atomic E-state index is 0.163. The SMILES string of the molecule is CCn1nc2c(-c3ccc(Cl)cc3)c(-c3ccc(Cl)cc3)nc(NCC3CCN(C(=O)OC(C)(C)C)C3)n2c1=O. The van der Waals surface area contributed by atoms with Gasteiger partial charge in [0.15, 0.2) is 5.65 Å². The molecule has 0 saturated carbocycles. The first-order valence-electron chi connectivity index (χ1n) is 13.3. The van der Waals surface area contributed by atoms with Crippen molar-refractivity contribution in [3.63, 3.8) is 0 Å². The highest BCUT2D eigenvalue weighted by Crippen LogP contribution is 2.36. The van der Waals surface area contributed by atoms with E-state index in [-0.39, 0.29) is 17.7 Å². The van der Waals surface area contributed by atoms with Crippen molar-refractivity contribution in [1.82, 2.24) is 24.1 Å². The summed E-state index contributed by atoms with van der Waals surface area (Å²) in [5, 5.41) is 9.31. The normalized spacial score (nSPS) is 15.6. The Morgan fingerprint density at radius 1 is 1.05 bits per heavy atom. The van der Waals surface area contributed by atoms with Crippen LogP contribution in [-0.2, 0) is 11.3 Å². The Hall–Kier alpha value is -3.56. The second-order valence-corrected chi connectivity index (χ2v) is 11.8. The highest BCUT2D eigenvalue weighted by Gasteiger charge is 2.30. The van der Waals surface area contributed by atoms with Crippen LogP contribution in [0.25, 0.3) is 28.0 Å². The molecular formula is C29H32Cl2N6O3. The van der Waals surface area contributed by atoms with Gasteiger partial charge in [-0.2, -0.15) is 0 Å².